The van der Waals surface area contributed by atoms with Gasteiger partial charge in [0.15, 0.2) is 0 Å². The number of furan rings is 1. The zero-order valence-electron chi connectivity index (χ0n) is 11.7. The van der Waals surface area contributed by atoms with Crippen LogP contribution < -0.4 is 0 Å². The van der Waals surface area contributed by atoms with E-state index >= 15 is 0 Å². The third-order valence-electron chi connectivity index (χ3n) is 3.54. The quantitative estimate of drug-likeness (QED) is 0.649. The van der Waals surface area contributed by atoms with E-state index < -0.39 is 0 Å². The maximum absolute atomic E-state index is 12.5. The molecule has 0 fully saturated rings. The molecule has 0 unspecified atom stereocenters. The summed E-state index contributed by atoms with van der Waals surface area (Å²) in [4.78, 5) is 14.9. The summed E-state index contributed by atoms with van der Waals surface area (Å²) in [6.07, 6.45) is 0. The summed E-state index contributed by atoms with van der Waals surface area (Å²) >= 11 is 4.82. The van der Waals surface area contributed by atoms with E-state index in [0.717, 1.165) is 20.5 Å². The Balaban J connectivity index is 1.86. The van der Waals surface area contributed by atoms with Crippen LogP contribution in [0.25, 0.3) is 11.0 Å². The highest BCUT2D eigenvalue weighted by atomic mass is 79.9. The molecular formula is C16H14BrNO2S. The number of carbonyl (C=O) groups is 1. The normalized spacial score (nSPS) is 12.5. The molecule has 0 saturated carbocycles. The fourth-order valence-electron chi connectivity index (χ4n) is 2.18. The maximum atomic E-state index is 12.5. The summed E-state index contributed by atoms with van der Waals surface area (Å²) in [6.45, 7) is 1.97. The number of carbonyl (C=O) groups excluding carboxylic acids is 1. The molecule has 2 aromatic heterocycles. The van der Waals surface area contributed by atoms with Crippen molar-refractivity contribution in [1.29, 1.82) is 0 Å². The largest absolute Gasteiger partial charge is 0.459 e. The third-order valence-corrected chi connectivity index (χ3v) is 5.15. The molecule has 0 radical (unpaired) electrons. The van der Waals surface area contributed by atoms with Crippen LogP contribution in [0, 0.1) is 0 Å². The summed E-state index contributed by atoms with van der Waals surface area (Å²) in [5.74, 6) is 0.793. The van der Waals surface area contributed by atoms with Gasteiger partial charge in [-0.1, -0.05) is 18.2 Å². The van der Waals surface area contributed by atoms with Crippen molar-refractivity contribution < 1.29 is 9.21 Å². The molecule has 0 aliphatic rings. The van der Waals surface area contributed by atoms with Crippen LogP contribution in [0.2, 0.25) is 0 Å². The second kappa shape index (κ2) is 5.66. The molecule has 1 amide bonds. The second-order valence-electron chi connectivity index (χ2n) is 4.88. The second-order valence-corrected chi connectivity index (χ2v) is 7.35. The smallest absolute Gasteiger partial charge is 0.264 e. The lowest BCUT2D eigenvalue weighted by molar-refractivity contribution is 0.0732. The molecule has 21 heavy (non-hydrogen) atoms. The maximum Gasteiger partial charge on any atom is 0.264 e. The number of hydrogen-bond acceptors (Lipinski definition) is 3. The Hall–Kier alpha value is -1.59. The van der Waals surface area contributed by atoms with E-state index in [1.807, 2.05) is 49.4 Å². The van der Waals surface area contributed by atoms with E-state index in [1.165, 1.54) is 11.3 Å². The summed E-state index contributed by atoms with van der Waals surface area (Å²) < 4.78 is 6.80. The Labute approximate surface area is 135 Å². The number of benzene rings is 1. The molecule has 0 spiro atoms. The highest BCUT2D eigenvalue weighted by molar-refractivity contribution is 9.11. The van der Waals surface area contributed by atoms with Gasteiger partial charge < -0.3 is 9.32 Å². The minimum absolute atomic E-state index is 0.00124. The first kappa shape index (κ1) is 14.4. The lowest BCUT2D eigenvalue weighted by atomic mass is 10.2. The van der Waals surface area contributed by atoms with Crippen molar-refractivity contribution in [1.82, 2.24) is 4.90 Å². The molecule has 1 atom stereocenters. The van der Waals surface area contributed by atoms with Gasteiger partial charge in [-0.05, 0) is 47.1 Å². The van der Waals surface area contributed by atoms with Gasteiger partial charge in [0.05, 0.1) is 14.7 Å². The standard InChI is InChI=1S/C16H14BrNO2S/c1-10(13-9-11-5-3-4-6-12(11)20-13)18(2)16(19)14-7-8-15(17)21-14/h3-10H,1-2H3/t10-/m1/s1. The monoisotopic (exact) mass is 363 g/mol. The molecule has 3 rings (SSSR count). The van der Waals surface area contributed by atoms with Gasteiger partial charge in [-0.2, -0.15) is 0 Å². The molecule has 5 heteroatoms. The van der Waals surface area contributed by atoms with E-state index in [0.29, 0.717) is 4.88 Å². The summed E-state index contributed by atoms with van der Waals surface area (Å²) in [5, 5.41) is 1.05. The minimum Gasteiger partial charge on any atom is -0.459 e. The predicted octanol–water partition coefficient (Wildman–Crippen LogP) is 5.09. The van der Waals surface area contributed by atoms with E-state index in [4.69, 9.17) is 4.42 Å². The fraction of sp³-hybridized carbons (Fsp3) is 0.188. The van der Waals surface area contributed by atoms with E-state index in [2.05, 4.69) is 15.9 Å². The van der Waals surface area contributed by atoms with Crippen molar-refractivity contribution in [2.24, 2.45) is 0 Å². The first-order chi connectivity index (χ1) is 10.1. The first-order valence-electron chi connectivity index (χ1n) is 6.57. The summed E-state index contributed by atoms with van der Waals surface area (Å²) in [5.41, 5.74) is 0.846. The Morgan fingerprint density at radius 2 is 2.05 bits per heavy atom. The van der Waals surface area contributed by atoms with Gasteiger partial charge in [0.1, 0.15) is 11.3 Å². The number of fused-ring (bicyclic) bond motifs is 1. The van der Waals surface area contributed by atoms with Crippen LogP contribution in [-0.4, -0.2) is 17.9 Å². The number of nitrogens with zero attached hydrogens (tertiary/aromatic N) is 1. The van der Waals surface area contributed by atoms with Crippen LogP contribution in [0.3, 0.4) is 0 Å². The summed E-state index contributed by atoms with van der Waals surface area (Å²) in [7, 11) is 1.80. The van der Waals surface area contributed by atoms with Gasteiger partial charge in [-0.25, -0.2) is 0 Å². The number of amides is 1. The lowest BCUT2D eigenvalue weighted by Crippen LogP contribution is -2.28. The Bertz CT molecular complexity index is 759. The first-order valence-corrected chi connectivity index (χ1v) is 8.18. The van der Waals surface area contributed by atoms with Crippen LogP contribution in [-0.2, 0) is 0 Å². The van der Waals surface area contributed by atoms with Crippen molar-refractivity contribution in [3.63, 3.8) is 0 Å². The molecule has 3 aromatic rings. The molecule has 0 N–H and O–H groups in total. The Morgan fingerprint density at radius 1 is 1.29 bits per heavy atom. The Morgan fingerprint density at radius 3 is 2.71 bits per heavy atom. The van der Waals surface area contributed by atoms with Gasteiger partial charge >= 0.3 is 0 Å². The van der Waals surface area contributed by atoms with E-state index in [9.17, 15) is 4.79 Å². The zero-order chi connectivity index (χ0) is 15.0. The molecule has 108 valence electrons. The number of para-hydroxylation sites is 1. The molecular weight excluding hydrogens is 350 g/mol. The van der Waals surface area contributed by atoms with Crippen molar-refractivity contribution in [3.05, 3.63) is 56.9 Å². The zero-order valence-corrected chi connectivity index (χ0v) is 14.1. The molecule has 3 nitrogen and oxygen atoms in total. The highest BCUT2D eigenvalue weighted by Crippen LogP contribution is 2.29. The minimum atomic E-state index is -0.120. The molecule has 0 bridgehead atoms. The predicted molar refractivity (Wildman–Crippen MR) is 88.7 cm³/mol. The van der Waals surface area contributed by atoms with Crippen LogP contribution >= 0.6 is 27.3 Å². The topological polar surface area (TPSA) is 33.5 Å². The van der Waals surface area contributed by atoms with Crippen molar-refractivity contribution >= 4 is 44.1 Å². The Kier molecular flexibility index (Phi) is 3.87. The van der Waals surface area contributed by atoms with Crippen molar-refractivity contribution in [2.45, 2.75) is 13.0 Å². The van der Waals surface area contributed by atoms with Crippen LogP contribution in [0.15, 0.2) is 50.7 Å². The van der Waals surface area contributed by atoms with Gasteiger partial charge in [0.2, 0.25) is 0 Å². The highest BCUT2D eigenvalue weighted by Gasteiger charge is 2.22. The third kappa shape index (κ3) is 2.76. The van der Waals surface area contributed by atoms with Gasteiger partial charge in [-0.3, -0.25) is 4.79 Å². The molecule has 0 saturated heterocycles. The van der Waals surface area contributed by atoms with Crippen LogP contribution in [0.4, 0.5) is 0 Å². The van der Waals surface area contributed by atoms with Crippen LogP contribution in [0.1, 0.15) is 28.4 Å². The van der Waals surface area contributed by atoms with E-state index in [1.54, 1.807) is 11.9 Å². The summed E-state index contributed by atoms with van der Waals surface area (Å²) in [6, 6.07) is 13.5. The molecule has 2 heterocycles. The van der Waals surface area contributed by atoms with E-state index in [-0.39, 0.29) is 11.9 Å². The van der Waals surface area contributed by atoms with Gasteiger partial charge in [-0.15, -0.1) is 11.3 Å². The number of hydrogen-bond donors (Lipinski definition) is 0. The van der Waals surface area contributed by atoms with Gasteiger partial charge in [0.25, 0.3) is 5.91 Å². The number of rotatable bonds is 3. The average Bonchev–Trinajstić information content (AvgIpc) is 3.10. The SMILES string of the molecule is C[C@H](c1cc2ccccc2o1)N(C)C(=O)c1ccc(Br)s1. The van der Waals surface area contributed by atoms with Crippen molar-refractivity contribution in [3.8, 4) is 0 Å². The average molecular weight is 364 g/mol. The lowest BCUT2D eigenvalue weighted by Gasteiger charge is -2.22. The molecule has 0 aliphatic heterocycles. The van der Waals surface area contributed by atoms with Gasteiger partial charge in [0, 0.05) is 12.4 Å². The number of thiophene rings is 1. The van der Waals surface area contributed by atoms with Crippen LogP contribution in [0.5, 0.6) is 0 Å². The number of halogens is 1. The molecule has 0 aliphatic carbocycles. The fourth-order valence-corrected chi connectivity index (χ4v) is 3.55. The van der Waals surface area contributed by atoms with Crippen molar-refractivity contribution in [2.75, 3.05) is 7.05 Å². The molecule has 1 aromatic carbocycles.